The molecule has 1 saturated carbocycles. The van der Waals surface area contributed by atoms with Gasteiger partial charge in [0.05, 0.1) is 0 Å². The van der Waals surface area contributed by atoms with Crippen molar-refractivity contribution in [3.8, 4) is 23.0 Å². The Kier molecular flexibility index (Phi) is 11.2. The molecule has 1 fully saturated rings. The van der Waals surface area contributed by atoms with Crippen LogP contribution >= 0.6 is 0 Å². The topological polar surface area (TPSA) is 70.5 Å². The third kappa shape index (κ3) is 8.59. The van der Waals surface area contributed by atoms with E-state index in [0.29, 0.717) is 0 Å². The van der Waals surface area contributed by atoms with Gasteiger partial charge in [-0.05, 0) is 103 Å². The monoisotopic (exact) mass is 590 g/mol. The van der Waals surface area contributed by atoms with Crippen LogP contribution in [0.25, 0.3) is 0 Å². The fraction of sp³-hybridized carbons (Fsp3) is 0.400. The Bertz CT molecular complexity index is 1310. The number of rotatable bonds is 15. The van der Waals surface area contributed by atoms with E-state index in [9.17, 15) is 0 Å². The van der Waals surface area contributed by atoms with Gasteiger partial charge in [0.25, 0.3) is 0 Å². The summed E-state index contributed by atoms with van der Waals surface area (Å²) in [5, 5.41) is 0. The summed E-state index contributed by atoms with van der Waals surface area (Å²) < 4.78 is 12.3. The molecule has 4 heteroatoms. The molecule has 1 aliphatic rings. The number of nitrogen functional groups attached to an aromatic ring is 2. The summed E-state index contributed by atoms with van der Waals surface area (Å²) in [6.07, 6.45) is 17.2. The van der Waals surface area contributed by atoms with Crippen LogP contribution in [0.15, 0.2) is 97.1 Å². The first kappa shape index (κ1) is 31.5. The lowest BCUT2D eigenvalue weighted by Gasteiger charge is -2.42. The molecule has 1 aliphatic carbocycles. The second-order valence-electron chi connectivity index (χ2n) is 12.7. The first-order chi connectivity index (χ1) is 21.5. The van der Waals surface area contributed by atoms with E-state index in [1.807, 2.05) is 48.5 Å². The molecular formula is C40H50N2O2. The van der Waals surface area contributed by atoms with E-state index in [-0.39, 0.29) is 5.41 Å². The van der Waals surface area contributed by atoms with E-state index in [1.165, 1.54) is 88.2 Å². The predicted octanol–water partition coefficient (Wildman–Crippen LogP) is 11.4. The smallest absolute Gasteiger partial charge is 0.127 e. The zero-order chi connectivity index (χ0) is 30.6. The number of hydrogen-bond acceptors (Lipinski definition) is 4. The van der Waals surface area contributed by atoms with Gasteiger partial charge < -0.3 is 20.9 Å². The van der Waals surface area contributed by atoms with E-state index in [0.717, 1.165) is 46.7 Å². The Morgan fingerprint density at radius 1 is 0.568 bits per heavy atom. The third-order valence-corrected chi connectivity index (χ3v) is 9.36. The summed E-state index contributed by atoms with van der Waals surface area (Å²) in [6.45, 7) is 2.29. The Labute approximate surface area is 264 Å². The molecule has 4 N–H and O–H groups in total. The molecule has 0 spiro atoms. The van der Waals surface area contributed by atoms with Gasteiger partial charge in [0.1, 0.15) is 23.0 Å². The minimum Gasteiger partial charge on any atom is -0.457 e. The molecular weight excluding hydrogens is 540 g/mol. The van der Waals surface area contributed by atoms with Gasteiger partial charge in [0.15, 0.2) is 0 Å². The molecule has 0 aromatic heterocycles. The van der Waals surface area contributed by atoms with Crippen molar-refractivity contribution in [1.29, 1.82) is 0 Å². The molecule has 4 aromatic rings. The van der Waals surface area contributed by atoms with Crippen molar-refractivity contribution >= 4 is 11.4 Å². The van der Waals surface area contributed by atoms with Crippen LogP contribution in [0.3, 0.4) is 0 Å². The van der Waals surface area contributed by atoms with Crippen molar-refractivity contribution in [1.82, 2.24) is 0 Å². The molecule has 0 heterocycles. The average molecular weight is 591 g/mol. The number of nitrogens with two attached hydrogens (primary N) is 2. The Balaban J connectivity index is 1.31. The molecule has 1 atom stereocenters. The molecule has 4 aromatic carbocycles. The van der Waals surface area contributed by atoms with Crippen LogP contribution in [-0.2, 0) is 5.41 Å². The number of ether oxygens (including phenoxy) is 2. The molecule has 4 nitrogen and oxygen atoms in total. The van der Waals surface area contributed by atoms with Crippen molar-refractivity contribution in [2.24, 2.45) is 5.92 Å². The maximum absolute atomic E-state index is 6.14. The first-order valence-corrected chi connectivity index (χ1v) is 16.8. The van der Waals surface area contributed by atoms with Gasteiger partial charge in [-0.2, -0.15) is 0 Å². The Morgan fingerprint density at radius 3 is 1.43 bits per heavy atom. The first-order valence-electron chi connectivity index (χ1n) is 16.8. The van der Waals surface area contributed by atoms with Crippen molar-refractivity contribution in [2.75, 3.05) is 11.5 Å². The van der Waals surface area contributed by atoms with Crippen LogP contribution in [0.5, 0.6) is 23.0 Å². The number of benzene rings is 4. The van der Waals surface area contributed by atoms with Crippen LogP contribution in [0.1, 0.15) is 102 Å². The van der Waals surface area contributed by atoms with Crippen molar-refractivity contribution in [2.45, 2.75) is 95.8 Å². The van der Waals surface area contributed by atoms with Gasteiger partial charge in [-0.25, -0.2) is 0 Å². The number of anilines is 2. The van der Waals surface area contributed by atoms with E-state index in [2.05, 4.69) is 55.5 Å². The van der Waals surface area contributed by atoms with Gasteiger partial charge in [-0.15, -0.1) is 0 Å². The minimum absolute atomic E-state index is 0.0253. The maximum Gasteiger partial charge on any atom is 0.127 e. The Hall–Kier alpha value is -3.92. The summed E-state index contributed by atoms with van der Waals surface area (Å²) in [5.74, 6) is 4.00. The second kappa shape index (κ2) is 15.7. The number of hydrogen-bond donors (Lipinski definition) is 2. The summed E-state index contributed by atoms with van der Waals surface area (Å²) >= 11 is 0. The molecule has 0 radical (unpaired) electrons. The fourth-order valence-corrected chi connectivity index (χ4v) is 6.92. The SMILES string of the molecule is CCCCCCCCCCC1CCCC(c2ccc(Oc3ccc(N)cc3)cc2)(c2ccc(Oc3ccc(N)cc3)cc2)C1. The Morgan fingerprint density at radius 2 is 0.977 bits per heavy atom. The predicted molar refractivity (Wildman–Crippen MR) is 185 cm³/mol. The molecule has 0 amide bonds. The van der Waals surface area contributed by atoms with Gasteiger partial charge in [0, 0.05) is 16.8 Å². The van der Waals surface area contributed by atoms with Crippen LogP contribution < -0.4 is 20.9 Å². The van der Waals surface area contributed by atoms with Crippen LogP contribution in [0, 0.1) is 5.92 Å². The highest BCUT2D eigenvalue weighted by Gasteiger charge is 2.39. The van der Waals surface area contributed by atoms with Gasteiger partial charge in [-0.3, -0.25) is 0 Å². The van der Waals surface area contributed by atoms with Crippen molar-refractivity contribution < 1.29 is 9.47 Å². The van der Waals surface area contributed by atoms with Crippen LogP contribution in [0.4, 0.5) is 11.4 Å². The molecule has 0 bridgehead atoms. The van der Waals surface area contributed by atoms with Gasteiger partial charge in [0.2, 0.25) is 0 Å². The lowest BCUT2D eigenvalue weighted by molar-refractivity contribution is 0.240. The van der Waals surface area contributed by atoms with Gasteiger partial charge in [-0.1, -0.05) is 102 Å². The van der Waals surface area contributed by atoms with Crippen LogP contribution in [0.2, 0.25) is 0 Å². The molecule has 0 aliphatic heterocycles. The van der Waals surface area contributed by atoms with Crippen LogP contribution in [-0.4, -0.2) is 0 Å². The molecule has 232 valence electrons. The highest BCUT2D eigenvalue weighted by atomic mass is 16.5. The molecule has 44 heavy (non-hydrogen) atoms. The van der Waals surface area contributed by atoms with Gasteiger partial charge >= 0.3 is 0 Å². The normalized spacial score (nSPS) is 16.0. The highest BCUT2D eigenvalue weighted by molar-refractivity contribution is 5.47. The molecule has 1 unspecified atom stereocenters. The summed E-state index contributed by atoms with van der Waals surface area (Å²) in [7, 11) is 0. The zero-order valence-corrected chi connectivity index (χ0v) is 26.5. The summed E-state index contributed by atoms with van der Waals surface area (Å²) in [4.78, 5) is 0. The molecule has 0 saturated heterocycles. The van der Waals surface area contributed by atoms with E-state index < -0.39 is 0 Å². The third-order valence-electron chi connectivity index (χ3n) is 9.36. The van der Waals surface area contributed by atoms with E-state index >= 15 is 0 Å². The lowest BCUT2D eigenvalue weighted by atomic mass is 9.61. The summed E-state index contributed by atoms with van der Waals surface area (Å²) in [6, 6.07) is 32.7. The second-order valence-corrected chi connectivity index (χ2v) is 12.7. The maximum atomic E-state index is 6.14. The zero-order valence-electron chi connectivity index (χ0n) is 26.5. The fourth-order valence-electron chi connectivity index (χ4n) is 6.92. The largest absolute Gasteiger partial charge is 0.457 e. The standard InChI is InChI=1S/C40H50N2O2/c1-2-3-4-5-6-7-8-9-11-31-12-10-29-40(30-31,32-13-21-36(22-14-32)43-38-25-17-34(41)18-26-38)33-15-23-37(24-16-33)44-39-27-19-35(42)20-28-39/h13-28,31H,2-12,29-30,41-42H2,1H3. The van der Waals surface area contributed by atoms with Crippen molar-refractivity contribution in [3.05, 3.63) is 108 Å². The average Bonchev–Trinajstić information content (AvgIpc) is 3.05. The molecule has 5 rings (SSSR count). The lowest BCUT2D eigenvalue weighted by Crippen LogP contribution is -2.34. The summed E-state index contributed by atoms with van der Waals surface area (Å²) in [5.41, 5.74) is 15.9. The number of unbranched alkanes of at least 4 members (excludes halogenated alkanes) is 7. The van der Waals surface area contributed by atoms with Crippen molar-refractivity contribution in [3.63, 3.8) is 0 Å². The quantitative estimate of drug-likeness (QED) is 0.107. The highest BCUT2D eigenvalue weighted by Crippen LogP contribution is 2.49. The minimum atomic E-state index is -0.0253. The van der Waals surface area contributed by atoms with E-state index in [4.69, 9.17) is 20.9 Å². The van der Waals surface area contributed by atoms with E-state index in [1.54, 1.807) is 0 Å².